The normalized spacial score (nSPS) is 10.2. The van der Waals surface area contributed by atoms with Gasteiger partial charge >= 0.3 is 5.97 Å². The molecule has 5 heteroatoms. The van der Waals surface area contributed by atoms with Gasteiger partial charge in [0, 0.05) is 0 Å². The summed E-state index contributed by atoms with van der Waals surface area (Å²) in [5, 5.41) is 0. The smallest absolute Gasteiger partial charge is 0.349 e. The molecule has 132 valence electrons. The van der Waals surface area contributed by atoms with Crippen LogP contribution < -0.4 is 14.2 Å². The average molecular weight is 413 g/mol. The summed E-state index contributed by atoms with van der Waals surface area (Å²) in [7, 11) is 1.52. The lowest BCUT2D eigenvalue weighted by Crippen LogP contribution is -2.18. The molecule has 0 fully saturated rings. The summed E-state index contributed by atoms with van der Waals surface area (Å²) in [6, 6.07) is 22.7. The fraction of sp³-hybridized carbons (Fsp3) is 0.0952. The second-order valence-electron chi connectivity index (χ2n) is 5.42. The van der Waals surface area contributed by atoms with Crippen molar-refractivity contribution in [2.24, 2.45) is 0 Å². The molecule has 0 aromatic heterocycles. The molecule has 4 nitrogen and oxygen atoms in total. The van der Waals surface area contributed by atoms with Crippen LogP contribution in [0.3, 0.4) is 0 Å². The minimum Gasteiger partial charge on any atom is -0.493 e. The van der Waals surface area contributed by atoms with E-state index in [2.05, 4.69) is 15.9 Å². The Morgan fingerprint density at radius 2 is 1.54 bits per heavy atom. The monoisotopic (exact) mass is 412 g/mol. The Bertz CT molecular complexity index is 894. The Hall–Kier alpha value is -2.79. The number of carbonyl (C=O) groups excluding carboxylic acids is 1. The molecule has 0 spiro atoms. The Morgan fingerprint density at radius 3 is 2.23 bits per heavy atom. The van der Waals surface area contributed by atoms with E-state index in [1.807, 2.05) is 48.5 Å². The van der Waals surface area contributed by atoms with Gasteiger partial charge in [0.05, 0.1) is 11.6 Å². The first-order chi connectivity index (χ1) is 12.7. The lowest BCUT2D eigenvalue weighted by Gasteiger charge is -2.11. The molecule has 0 unspecified atom stereocenters. The molecule has 0 aliphatic carbocycles. The molecule has 0 amide bonds. The second kappa shape index (κ2) is 8.54. The third-order valence-corrected chi connectivity index (χ3v) is 4.30. The Kier molecular flexibility index (Phi) is 5.92. The average Bonchev–Trinajstić information content (AvgIpc) is 2.68. The zero-order chi connectivity index (χ0) is 18.4. The van der Waals surface area contributed by atoms with Crippen molar-refractivity contribution in [1.29, 1.82) is 0 Å². The van der Waals surface area contributed by atoms with Gasteiger partial charge in [-0.05, 0) is 51.3 Å². The summed E-state index contributed by atoms with van der Waals surface area (Å²) in [5.41, 5.74) is 2.16. The van der Waals surface area contributed by atoms with Crippen LogP contribution in [0.25, 0.3) is 11.1 Å². The number of hydrogen-bond donors (Lipinski definition) is 0. The standard InChI is InChI=1S/C21H17BrO4/c1-24-19-9-5-6-10-20(19)26-21(23)14-25-18-12-11-16(13-17(18)22)15-7-3-2-4-8-15/h2-13H,14H2,1H3. The van der Waals surface area contributed by atoms with Crippen molar-refractivity contribution >= 4 is 21.9 Å². The van der Waals surface area contributed by atoms with Gasteiger partial charge < -0.3 is 14.2 Å². The highest BCUT2D eigenvalue weighted by Crippen LogP contribution is 2.31. The molecular weight excluding hydrogens is 396 g/mol. The van der Waals surface area contributed by atoms with Gasteiger partial charge in [-0.15, -0.1) is 0 Å². The van der Waals surface area contributed by atoms with Crippen molar-refractivity contribution in [2.45, 2.75) is 0 Å². The van der Waals surface area contributed by atoms with Crippen molar-refractivity contribution in [3.05, 3.63) is 77.3 Å². The molecule has 0 heterocycles. The van der Waals surface area contributed by atoms with Crippen molar-refractivity contribution in [1.82, 2.24) is 0 Å². The van der Waals surface area contributed by atoms with Crippen LogP contribution in [0.5, 0.6) is 17.2 Å². The maximum Gasteiger partial charge on any atom is 0.349 e. The number of benzene rings is 3. The van der Waals surface area contributed by atoms with E-state index >= 15 is 0 Å². The Morgan fingerprint density at radius 1 is 0.846 bits per heavy atom. The summed E-state index contributed by atoms with van der Waals surface area (Å²) < 4.78 is 16.8. The minimum absolute atomic E-state index is 0.207. The quantitative estimate of drug-likeness (QED) is 0.416. The molecule has 0 atom stereocenters. The first-order valence-electron chi connectivity index (χ1n) is 7.99. The van der Waals surface area contributed by atoms with Gasteiger partial charge in [-0.2, -0.15) is 0 Å². The Labute approximate surface area is 160 Å². The topological polar surface area (TPSA) is 44.8 Å². The van der Waals surface area contributed by atoms with Crippen LogP contribution in [-0.2, 0) is 4.79 Å². The summed E-state index contributed by atoms with van der Waals surface area (Å²) in [5.74, 6) is 0.923. The lowest BCUT2D eigenvalue weighted by molar-refractivity contribution is -0.136. The number of esters is 1. The molecule has 0 bridgehead atoms. The van der Waals surface area contributed by atoms with E-state index in [1.165, 1.54) is 7.11 Å². The number of carbonyl (C=O) groups is 1. The van der Waals surface area contributed by atoms with E-state index in [4.69, 9.17) is 14.2 Å². The molecule has 3 rings (SSSR count). The minimum atomic E-state index is -0.506. The maximum absolute atomic E-state index is 12.0. The third-order valence-electron chi connectivity index (χ3n) is 3.68. The second-order valence-corrected chi connectivity index (χ2v) is 6.28. The van der Waals surface area contributed by atoms with E-state index in [9.17, 15) is 4.79 Å². The van der Waals surface area contributed by atoms with Crippen LogP contribution >= 0.6 is 15.9 Å². The molecule has 0 aliphatic heterocycles. The zero-order valence-corrected chi connectivity index (χ0v) is 15.7. The van der Waals surface area contributed by atoms with E-state index in [1.54, 1.807) is 24.3 Å². The summed E-state index contributed by atoms with van der Waals surface area (Å²) in [6.07, 6.45) is 0. The highest BCUT2D eigenvalue weighted by Gasteiger charge is 2.12. The zero-order valence-electron chi connectivity index (χ0n) is 14.1. The van der Waals surface area contributed by atoms with Crippen LogP contribution in [-0.4, -0.2) is 19.7 Å². The molecular formula is C21H17BrO4. The highest BCUT2D eigenvalue weighted by atomic mass is 79.9. The summed E-state index contributed by atoms with van der Waals surface area (Å²) in [4.78, 5) is 12.0. The van der Waals surface area contributed by atoms with Gasteiger partial charge in [0.2, 0.25) is 0 Å². The maximum atomic E-state index is 12.0. The van der Waals surface area contributed by atoms with Crippen LogP contribution in [0.1, 0.15) is 0 Å². The number of rotatable bonds is 6. The molecule has 26 heavy (non-hydrogen) atoms. The number of para-hydroxylation sites is 2. The fourth-order valence-corrected chi connectivity index (χ4v) is 2.91. The first kappa shape index (κ1) is 18.0. The summed E-state index contributed by atoms with van der Waals surface area (Å²) >= 11 is 3.49. The number of methoxy groups -OCH3 is 1. The van der Waals surface area contributed by atoms with Gasteiger partial charge in [-0.3, -0.25) is 0 Å². The lowest BCUT2D eigenvalue weighted by atomic mass is 10.1. The third kappa shape index (κ3) is 4.43. The number of hydrogen-bond acceptors (Lipinski definition) is 4. The highest BCUT2D eigenvalue weighted by molar-refractivity contribution is 9.10. The molecule has 0 N–H and O–H groups in total. The number of halogens is 1. The van der Waals surface area contributed by atoms with Gasteiger partial charge in [-0.1, -0.05) is 48.5 Å². The van der Waals surface area contributed by atoms with E-state index in [0.717, 1.165) is 15.6 Å². The van der Waals surface area contributed by atoms with Crippen LogP contribution in [0.2, 0.25) is 0 Å². The Balaban J connectivity index is 1.63. The van der Waals surface area contributed by atoms with Crippen molar-refractivity contribution in [3.63, 3.8) is 0 Å². The van der Waals surface area contributed by atoms with Crippen molar-refractivity contribution in [3.8, 4) is 28.4 Å². The van der Waals surface area contributed by atoms with Gasteiger partial charge in [0.25, 0.3) is 0 Å². The SMILES string of the molecule is COc1ccccc1OC(=O)COc1ccc(-c2ccccc2)cc1Br. The summed E-state index contributed by atoms with van der Waals surface area (Å²) in [6.45, 7) is -0.207. The fourth-order valence-electron chi connectivity index (χ4n) is 2.42. The van der Waals surface area contributed by atoms with Crippen LogP contribution in [0, 0.1) is 0 Å². The molecule has 0 radical (unpaired) electrons. The molecule has 0 aliphatic rings. The largest absolute Gasteiger partial charge is 0.493 e. The van der Waals surface area contributed by atoms with Crippen molar-refractivity contribution in [2.75, 3.05) is 13.7 Å². The van der Waals surface area contributed by atoms with Crippen LogP contribution in [0.15, 0.2) is 77.3 Å². The van der Waals surface area contributed by atoms with E-state index < -0.39 is 5.97 Å². The predicted molar refractivity (Wildman–Crippen MR) is 104 cm³/mol. The molecule has 3 aromatic carbocycles. The predicted octanol–water partition coefficient (Wildman–Crippen LogP) is 5.11. The molecule has 0 saturated carbocycles. The van der Waals surface area contributed by atoms with E-state index in [-0.39, 0.29) is 6.61 Å². The molecule has 3 aromatic rings. The van der Waals surface area contributed by atoms with Crippen molar-refractivity contribution < 1.29 is 19.0 Å². The number of ether oxygens (including phenoxy) is 3. The molecule has 0 saturated heterocycles. The van der Waals surface area contributed by atoms with Crippen LogP contribution in [0.4, 0.5) is 0 Å². The van der Waals surface area contributed by atoms with Gasteiger partial charge in [-0.25, -0.2) is 4.79 Å². The van der Waals surface area contributed by atoms with Gasteiger partial charge in [0.15, 0.2) is 18.1 Å². The van der Waals surface area contributed by atoms with E-state index in [0.29, 0.717) is 17.2 Å². The first-order valence-corrected chi connectivity index (χ1v) is 8.78. The van der Waals surface area contributed by atoms with Gasteiger partial charge in [0.1, 0.15) is 5.75 Å².